The van der Waals surface area contributed by atoms with E-state index in [4.69, 9.17) is 4.74 Å². The molecule has 142 valence electrons. The van der Waals surface area contributed by atoms with Crippen LogP contribution in [0.2, 0.25) is 0 Å². The van der Waals surface area contributed by atoms with E-state index < -0.39 is 0 Å². The summed E-state index contributed by atoms with van der Waals surface area (Å²) in [4.78, 5) is 15.5. The van der Waals surface area contributed by atoms with Crippen molar-refractivity contribution in [1.82, 2.24) is 4.98 Å². The van der Waals surface area contributed by atoms with E-state index >= 15 is 0 Å². The first kappa shape index (κ1) is 18.4. The molecule has 1 aliphatic carbocycles. The number of ketones is 1. The second kappa shape index (κ2) is 7.59. The molecule has 3 aromatic rings. The number of ether oxygens (including phenoxy) is 1. The van der Waals surface area contributed by atoms with Gasteiger partial charge >= 0.3 is 0 Å². The van der Waals surface area contributed by atoms with Crippen molar-refractivity contribution in [2.75, 3.05) is 0 Å². The maximum absolute atomic E-state index is 11.5. The average molecular weight is 371 g/mol. The number of hydrogen-bond acceptors (Lipinski definition) is 3. The van der Waals surface area contributed by atoms with Gasteiger partial charge in [-0.25, -0.2) is 0 Å². The van der Waals surface area contributed by atoms with E-state index in [1.54, 1.807) is 12.3 Å². The monoisotopic (exact) mass is 371 g/mol. The third-order valence-electron chi connectivity index (χ3n) is 5.81. The van der Waals surface area contributed by atoms with Gasteiger partial charge in [-0.15, -0.1) is 0 Å². The maximum atomic E-state index is 11.5. The van der Waals surface area contributed by atoms with Gasteiger partial charge < -0.3 is 4.74 Å². The van der Waals surface area contributed by atoms with Crippen molar-refractivity contribution in [3.8, 4) is 5.75 Å². The lowest BCUT2D eigenvalue weighted by atomic mass is 9.60. The molecule has 1 saturated carbocycles. The number of rotatable bonds is 6. The van der Waals surface area contributed by atoms with Crippen LogP contribution in [0.4, 0.5) is 0 Å². The Kier molecular flexibility index (Phi) is 4.99. The van der Waals surface area contributed by atoms with Gasteiger partial charge in [0.05, 0.1) is 0 Å². The SMILES string of the molecule is CC(=O)c1cc(COc2ccc(C3(c4ccc(C)cc4)CCC3)cc2)ccn1. The molecule has 0 unspecified atom stereocenters. The van der Waals surface area contributed by atoms with Crippen LogP contribution in [-0.4, -0.2) is 10.8 Å². The first-order chi connectivity index (χ1) is 13.6. The van der Waals surface area contributed by atoms with Crippen molar-refractivity contribution >= 4 is 5.78 Å². The number of nitrogens with zero attached hydrogens (tertiary/aromatic N) is 1. The summed E-state index contributed by atoms with van der Waals surface area (Å²) in [6.07, 6.45) is 5.31. The molecule has 0 radical (unpaired) electrons. The fourth-order valence-corrected chi connectivity index (χ4v) is 3.94. The molecule has 0 bridgehead atoms. The summed E-state index contributed by atoms with van der Waals surface area (Å²) >= 11 is 0. The molecule has 28 heavy (non-hydrogen) atoms. The number of aromatic nitrogens is 1. The minimum absolute atomic E-state index is 0.0342. The highest BCUT2D eigenvalue weighted by atomic mass is 16.5. The predicted octanol–water partition coefficient (Wildman–Crippen LogP) is 5.64. The zero-order valence-electron chi connectivity index (χ0n) is 16.4. The van der Waals surface area contributed by atoms with Gasteiger partial charge in [-0.2, -0.15) is 0 Å². The highest BCUT2D eigenvalue weighted by Crippen LogP contribution is 2.49. The molecule has 1 aromatic heterocycles. The number of carbonyl (C=O) groups is 1. The van der Waals surface area contributed by atoms with Gasteiger partial charge in [-0.3, -0.25) is 9.78 Å². The molecule has 4 rings (SSSR count). The number of carbonyl (C=O) groups excluding carboxylic acids is 1. The number of benzene rings is 2. The van der Waals surface area contributed by atoms with Gasteiger partial charge in [0.25, 0.3) is 0 Å². The van der Waals surface area contributed by atoms with Crippen LogP contribution in [0.25, 0.3) is 0 Å². The Morgan fingerprint density at radius 2 is 1.64 bits per heavy atom. The molecule has 0 saturated heterocycles. The number of pyridine rings is 1. The topological polar surface area (TPSA) is 39.2 Å². The lowest BCUT2D eigenvalue weighted by molar-refractivity contribution is 0.101. The van der Waals surface area contributed by atoms with E-state index in [1.165, 1.54) is 42.9 Å². The minimum atomic E-state index is -0.0342. The number of Topliss-reactive ketones (excluding diaryl/α,β-unsaturated/α-hetero) is 1. The molecule has 1 fully saturated rings. The van der Waals surface area contributed by atoms with Crippen LogP contribution in [0.3, 0.4) is 0 Å². The van der Waals surface area contributed by atoms with Crippen molar-refractivity contribution in [1.29, 1.82) is 0 Å². The van der Waals surface area contributed by atoms with Gasteiger partial charge in [-0.1, -0.05) is 48.4 Å². The Bertz CT molecular complexity index is 970. The van der Waals surface area contributed by atoms with E-state index in [2.05, 4.69) is 60.4 Å². The van der Waals surface area contributed by atoms with Crippen molar-refractivity contribution in [3.05, 3.63) is 94.8 Å². The van der Waals surface area contributed by atoms with Crippen LogP contribution in [-0.2, 0) is 12.0 Å². The molecule has 3 nitrogen and oxygen atoms in total. The highest BCUT2D eigenvalue weighted by molar-refractivity contribution is 5.92. The summed E-state index contributed by atoms with van der Waals surface area (Å²) in [5.74, 6) is 0.802. The van der Waals surface area contributed by atoms with Crippen LogP contribution in [0.1, 0.15) is 58.9 Å². The van der Waals surface area contributed by atoms with Gasteiger partial charge in [0.15, 0.2) is 5.78 Å². The first-order valence-corrected chi connectivity index (χ1v) is 9.83. The molecule has 0 N–H and O–H groups in total. The Balaban J connectivity index is 1.48. The smallest absolute Gasteiger partial charge is 0.178 e. The average Bonchev–Trinajstić information content (AvgIpc) is 2.68. The minimum Gasteiger partial charge on any atom is -0.489 e. The van der Waals surface area contributed by atoms with Crippen LogP contribution >= 0.6 is 0 Å². The molecule has 0 spiro atoms. The van der Waals surface area contributed by atoms with Crippen LogP contribution in [0, 0.1) is 6.92 Å². The molecule has 0 atom stereocenters. The summed E-state index contributed by atoms with van der Waals surface area (Å²) in [6.45, 7) is 4.08. The molecule has 2 aromatic carbocycles. The number of aryl methyl sites for hydroxylation is 1. The van der Waals surface area contributed by atoms with Crippen LogP contribution in [0.5, 0.6) is 5.75 Å². The van der Waals surface area contributed by atoms with Crippen molar-refractivity contribution < 1.29 is 9.53 Å². The fraction of sp³-hybridized carbons (Fsp3) is 0.280. The zero-order chi connectivity index (χ0) is 19.6. The van der Waals surface area contributed by atoms with Gasteiger partial charge in [-0.05, 0) is 60.7 Å². The first-order valence-electron chi connectivity index (χ1n) is 9.83. The normalized spacial score (nSPS) is 14.9. The standard InChI is InChI=1S/C25H25NO2/c1-18-4-6-21(7-5-18)25(13-3-14-25)22-8-10-23(11-9-22)28-17-20-12-15-26-24(16-20)19(2)27/h4-12,15-16H,3,13-14,17H2,1-2H3. The third-order valence-corrected chi connectivity index (χ3v) is 5.81. The Hall–Kier alpha value is -2.94. The summed E-state index contributed by atoms with van der Waals surface area (Å²) in [7, 11) is 0. The molecule has 1 aliphatic rings. The fourth-order valence-electron chi connectivity index (χ4n) is 3.94. The van der Waals surface area contributed by atoms with Gasteiger partial charge in [0.2, 0.25) is 0 Å². The number of hydrogen-bond donors (Lipinski definition) is 0. The largest absolute Gasteiger partial charge is 0.489 e. The lowest BCUT2D eigenvalue weighted by Gasteiger charge is -2.43. The van der Waals surface area contributed by atoms with Crippen LogP contribution < -0.4 is 4.74 Å². The van der Waals surface area contributed by atoms with Crippen LogP contribution in [0.15, 0.2) is 66.9 Å². The maximum Gasteiger partial charge on any atom is 0.178 e. The molecule has 1 heterocycles. The summed E-state index contributed by atoms with van der Waals surface area (Å²) in [5, 5.41) is 0. The second-order valence-corrected chi connectivity index (χ2v) is 7.72. The van der Waals surface area contributed by atoms with E-state index in [0.717, 1.165) is 11.3 Å². The Morgan fingerprint density at radius 1 is 1.00 bits per heavy atom. The molecular weight excluding hydrogens is 346 g/mol. The molecule has 3 heteroatoms. The highest BCUT2D eigenvalue weighted by Gasteiger charge is 2.40. The van der Waals surface area contributed by atoms with Crippen molar-refractivity contribution in [2.45, 2.75) is 45.1 Å². The summed E-state index contributed by atoms with van der Waals surface area (Å²) in [6, 6.07) is 21.1. The molecule has 0 aliphatic heterocycles. The Morgan fingerprint density at radius 3 is 2.21 bits per heavy atom. The Labute approximate surface area is 166 Å². The summed E-state index contributed by atoms with van der Waals surface area (Å²) in [5.41, 5.74) is 5.63. The quantitative estimate of drug-likeness (QED) is 0.526. The van der Waals surface area contributed by atoms with E-state index in [-0.39, 0.29) is 11.2 Å². The molecular formula is C25H25NO2. The van der Waals surface area contributed by atoms with Crippen molar-refractivity contribution in [2.24, 2.45) is 0 Å². The van der Waals surface area contributed by atoms with E-state index in [0.29, 0.717) is 12.3 Å². The van der Waals surface area contributed by atoms with E-state index in [1.807, 2.05) is 6.07 Å². The van der Waals surface area contributed by atoms with Crippen molar-refractivity contribution in [3.63, 3.8) is 0 Å². The predicted molar refractivity (Wildman–Crippen MR) is 111 cm³/mol. The van der Waals surface area contributed by atoms with Gasteiger partial charge in [0, 0.05) is 18.5 Å². The van der Waals surface area contributed by atoms with Gasteiger partial charge in [0.1, 0.15) is 18.1 Å². The van der Waals surface area contributed by atoms with E-state index in [9.17, 15) is 4.79 Å². The molecule has 0 amide bonds. The summed E-state index contributed by atoms with van der Waals surface area (Å²) < 4.78 is 5.93. The lowest BCUT2D eigenvalue weighted by Crippen LogP contribution is -2.35. The zero-order valence-corrected chi connectivity index (χ0v) is 16.4. The second-order valence-electron chi connectivity index (χ2n) is 7.72. The third kappa shape index (κ3) is 3.57.